The standard InChI is InChI=1S/C9H14BrNO3S2/c1-7(2)11(4-5-12)16(13,14)9-8(10)3-6-15-9/h3,6-7,12H,4-5H2,1-2H3. The van der Waals surface area contributed by atoms with E-state index in [-0.39, 0.29) is 23.4 Å². The van der Waals surface area contributed by atoms with Crippen LogP contribution in [0.2, 0.25) is 0 Å². The average molecular weight is 328 g/mol. The Bertz CT molecular complexity index is 441. The Morgan fingerprint density at radius 3 is 2.56 bits per heavy atom. The molecule has 0 spiro atoms. The molecule has 0 atom stereocenters. The summed E-state index contributed by atoms with van der Waals surface area (Å²) < 4.78 is 26.6. The number of aliphatic hydroxyl groups excluding tert-OH is 1. The highest BCUT2D eigenvalue weighted by Gasteiger charge is 2.29. The first-order valence-electron chi connectivity index (χ1n) is 4.77. The Balaban J connectivity index is 3.14. The Hall–Kier alpha value is 0.0500. The van der Waals surface area contributed by atoms with E-state index in [9.17, 15) is 8.42 Å². The van der Waals surface area contributed by atoms with Crippen LogP contribution in [0.1, 0.15) is 13.8 Å². The smallest absolute Gasteiger partial charge is 0.254 e. The van der Waals surface area contributed by atoms with Crippen LogP contribution >= 0.6 is 27.3 Å². The van der Waals surface area contributed by atoms with Crippen LogP contribution in [0.25, 0.3) is 0 Å². The molecule has 0 saturated carbocycles. The SMILES string of the molecule is CC(C)N(CCO)S(=O)(=O)c1sccc1Br. The first-order chi connectivity index (χ1) is 7.41. The second-order valence-corrected chi connectivity index (χ2v) is 7.35. The van der Waals surface area contributed by atoms with E-state index in [1.807, 2.05) is 0 Å². The lowest BCUT2D eigenvalue weighted by Crippen LogP contribution is -2.38. The summed E-state index contributed by atoms with van der Waals surface area (Å²) in [6.45, 7) is 3.51. The number of halogens is 1. The molecular weight excluding hydrogens is 314 g/mol. The van der Waals surface area contributed by atoms with Gasteiger partial charge in [0.2, 0.25) is 0 Å². The van der Waals surface area contributed by atoms with E-state index in [0.717, 1.165) is 0 Å². The molecule has 16 heavy (non-hydrogen) atoms. The third-order valence-electron chi connectivity index (χ3n) is 2.02. The van der Waals surface area contributed by atoms with Crippen molar-refractivity contribution in [1.82, 2.24) is 4.31 Å². The van der Waals surface area contributed by atoms with E-state index >= 15 is 0 Å². The molecule has 92 valence electrons. The van der Waals surface area contributed by atoms with Gasteiger partial charge in [-0.3, -0.25) is 0 Å². The molecule has 1 heterocycles. The molecule has 4 nitrogen and oxygen atoms in total. The van der Waals surface area contributed by atoms with Crippen LogP contribution in [0, 0.1) is 0 Å². The quantitative estimate of drug-likeness (QED) is 0.898. The fourth-order valence-electron chi connectivity index (χ4n) is 1.32. The summed E-state index contributed by atoms with van der Waals surface area (Å²) in [6.07, 6.45) is 0. The zero-order valence-corrected chi connectivity index (χ0v) is 12.3. The van der Waals surface area contributed by atoms with Gasteiger partial charge in [-0.1, -0.05) is 0 Å². The maximum atomic E-state index is 12.2. The predicted octanol–water partition coefficient (Wildman–Crippen LogP) is 1.90. The van der Waals surface area contributed by atoms with E-state index in [0.29, 0.717) is 4.47 Å². The Morgan fingerprint density at radius 1 is 1.56 bits per heavy atom. The summed E-state index contributed by atoms with van der Waals surface area (Å²) in [4.78, 5) is 0. The van der Waals surface area contributed by atoms with E-state index in [2.05, 4.69) is 15.9 Å². The van der Waals surface area contributed by atoms with Crippen molar-refractivity contribution < 1.29 is 13.5 Å². The third-order valence-corrected chi connectivity index (χ3v) is 6.75. The van der Waals surface area contributed by atoms with Crippen molar-refractivity contribution in [2.45, 2.75) is 24.1 Å². The van der Waals surface area contributed by atoms with Crippen LogP contribution in [-0.2, 0) is 10.0 Å². The molecule has 0 unspecified atom stereocenters. The molecule has 0 aliphatic carbocycles. The van der Waals surface area contributed by atoms with Gasteiger partial charge in [0.1, 0.15) is 4.21 Å². The Kier molecular flexibility index (Phi) is 4.93. The monoisotopic (exact) mass is 327 g/mol. The van der Waals surface area contributed by atoms with Gasteiger partial charge in [0, 0.05) is 17.1 Å². The Labute approximate surface area is 108 Å². The third kappa shape index (κ3) is 2.84. The van der Waals surface area contributed by atoms with Crippen molar-refractivity contribution in [1.29, 1.82) is 0 Å². The van der Waals surface area contributed by atoms with Gasteiger partial charge in [-0.15, -0.1) is 11.3 Å². The van der Waals surface area contributed by atoms with Gasteiger partial charge >= 0.3 is 0 Å². The second-order valence-electron chi connectivity index (χ2n) is 3.49. The minimum absolute atomic E-state index is 0.115. The zero-order chi connectivity index (χ0) is 12.3. The number of aliphatic hydroxyl groups is 1. The summed E-state index contributed by atoms with van der Waals surface area (Å²) in [5.74, 6) is 0. The fourth-order valence-corrected chi connectivity index (χ4v) is 5.38. The largest absolute Gasteiger partial charge is 0.395 e. The van der Waals surface area contributed by atoms with Crippen LogP contribution in [-0.4, -0.2) is 37.0 Å². The van der Waals surface area contributed by atoms with Gasteiger partial charge in [-0.05, 0) is 41.2 Å². The summed E-state index contributed by atoms with van der Waals surface area (Å²) >= 11 is 4.38. The maximum Gasteiger partial charge on any atom is 0.254 e. The van der Waals surface area contributed by atoms with Crippen LogP contribution in [0.5, 0.6) is 0 Å². The fraction of sp³-hybridized carbons (Fsp3) is 0.556. The van der Waals surface area contributed by atoms with E-state index in [1.165, 1.54) is 15.6 Å². The van der Waals surface area contributed by atoms with Crippen molar-refractivity contribution in [2.75, 3.05) is 13.2 Å². The molecule has 0 radical (unpaired) electrons. The zero-order valence-electron chi connectivity index (χ0n) is 9.05. The van der Waals surface area contributed by atoms with Crippen LogP contribution in [0.3, 0.4) is 0 Å². The first-order valence-corrected chi connectivity index (χ1v) is 7.88. The number of thiophene rings is 1. The van der Waals surface area contributed by atoms with Crippen molar-refractivity contribution in [3.8, 4) is 0 Å². The molecule has 1 aromatic rings. The van der Waals surface area contributed by atoms with Gasteiger partial charge in [0.25, 0.3) is 10.0 Å². The second kappa shape index (κ2) is 5.59. The van der Waals surface area contributed by atoms with Crippen molar-refractivity contribution in [2.24, 2.45) is 0 Å². The van der Waals surface area contributed by atoms with Gasteiger partial charge in [0.15, 0.2) is 0 Å². The Morgan fingerprint density at radius 2 is 2.19 bits per heavy atom. The van der Waals surface area contributed by atoms with Crippen molar-refractivity contribution >= 4 is 37.3 Å². The number of hydrogen-bond acceptors (Lipinski definition) is 4. The molecule has 0 bridgehead atoms. The highest BCUT2D eigenvalue weighted by Crippen LogP contribution is 2.30. The molecule has 1 aromatic heterocycles. The van der Waals surface area contributed by atoms with Crippen molar-refractivity contribution in [3.05, 3.63) is 15.9 Å². The van der Waals surface area contributed by atoms with Crippen LogP contribution in [0.4, 0.5) is 0 Å². The molecule has 0 saturated heterocycles. The molecule has 0 aliphatic rings. The highest BCUT2D eigenvalue weighted by molar-refractivity contribution is 9.10. The number of sulfonamides is 1. The van der Waals surface area contributed by atoms with Gasteiger partial charge in [0.05, 0.1) is 6.61 Å². The lowest BCUT2D eigenvalue weighted by molar-refractivity contribution is 0.237. The lowest BCUT2D eigenvalue weighted by Gasteiger charge is -2.24. The van der Waals surface area contributed by atoms with Gasteiger partial charge in [-0.2, -0.15) is 4.31 Å². The summed E-state index contributed by atoms with van der Waals surface area (Å²) in [5.41, 5.74) is 0. The van der Waals surface area contributed by atoms with Crippen LogP contribution in [0.15, 0.2) is 20.1 Å². The van der Waals surface area contributed by atoms with E-state index in [1.54, 1.807) is 25.3 Å². The topological polar surface area (TPSA) is 57.6 Å². The molecule has 0 aromatic carbocycles. The predicted molar refractivity (Wildman–Crippen MR) is 68.1 cm³/mol. The average Bonchev–Trinajstić information content (AvgIpc) is 2.60. The molecule has 1 rings (SSSR count). The van der Waals surface area contributed by atoms with Crippen molar-refractivity contribution in [3.63, 3.8) is 0 Å². The molecule has 0 fully saturated rings. The first kappa shape index (κ1) is 14.1. The normalized spacial score (nSPS) is 12.6. The number of hydrogen-bond donors (Lipinski definition) is 1. The summed E-state index contributed by atoms with van der Waals surface area (Å²) in [5, 5.41) is 10.6. The highest BCUT2D eigenvalue weighted by atomic mass is 79.9. The number of nitrogens with zero attached hydrogens (tertiary/aromatic N) is 1. The van der Waals surface area contributed by atoms with E-state index in [4.69, 9.17) is 5.11 Å². The van der Waals surface area contributed by atoms with Gasteiger partial charge in [-0.25, -0.2) is 8.42 Å². The van der Waals surface area contributed by atoms with Crippen LogP contribution < -0.4 is 0 Å². The maximum absolute atomic E-state index is 12.2. The molecule has 0 amide bonds. The number of rotatable bonds is 5. The lowest BCUT2D eigenvalue weighted by atomic mass is 10.4. The molecule has 0 aliphatic heterocycles. The minimum Gasteiger partial charge on any atom is -0.395 e. The van der Waals surface area contributed by atoms with Gasteiger partial charge < -0.3 is 5.11 Å². The molecule has 1 N–H and O–H groups in total. The van der Waals surface area contributed by atoms with E-state index < -0.39 is 10.0 Å². The minimum atomic E-state index is -3.50. The summed E-state index contributed by atoms with van der Waals surface area (Å²) in [7, 11) is -3.50. The molecular formula is C9H14BrNO3S2. The molecule has 7 heteroatoms. The summed E-state index contributed by atoms with van der Waals surface area (Å²) in [6, 6.07) is 1.53.